The van der Waals surface area contributed by atoms with Crippen molar-refractivity contribution in [1.82, 2.24) is 4.90 Å². The molecule has 0 bridgehead atoms. The summed E-state index contributed by atoms with van der Waals surface area (Å²) >= 11 is 0. The van der Waals surface area contributed by atoms with Crippen molar-refractivity contribution in [3.8, 4) is 0 Å². The number of aliphatic hydroxyl groups is 1. The van der Waals surface area contributed by atoms with Gasteiger partial charge >= 0.3 is 12.3 Å². The van der Waals surface area contributed by atoms with Crippen molar-refractivity contribution in [3.63, 3.8) is 0 Å². The molecule has 0 aliphatic heterocycles. The number of ether oxygens (including phenoxy) is 1. The molecule has 1 rings (SSSR count). The van der Waals surface area contributed by atoms with E-state index in [0.717, 1.165) is 12.6 Å². The summed E-state index contributed by atoms with van der Waals surface area (Å²) in [7, 11) is 1.13. The zero-order valence-corrected chi connectivity index (χ0v) is 10.2. The van der Waals surface area contributed by atoms with E-state index in [0.29, 0.717) is 4.90 Å². The van der Waals surface area contributed by atoms with Crippen LogP contribution < -0.4 is 0 Å². The number of rotatable bonds is 4. The van der Waals surface area contributed by atoms with Crippen LogP contribution in [0.25, 0.3) is 0 Å². The summed E-state index contributed by atoms with van der Waals surface area (Å²) in [5, 5.41) is 8.82. The maximum Gasteiger partial charge on any atom is 0.416 e. The van der Waals surface area contributed by atoms with Gasteiger partial charge in [0.15, 0.2) is 6.10 Å². The second kappa shape index (κ2) is 6.42. The summed E-state index contributed by atoms with van der Waals surface area (Å²) in [6.45, 7) is -0.900. The highest BCUT2D eigenvalue weighted by atomic mass is 19.4. The highest BCUT2D eigenvalue weighted by Crippen LogP contribution is 2.20. The monoisotopic (exact) mass is 277 g/mol. The van der Waals surface area contributed by atoms with E-state index in [1.807, 2.05) is 0 Å². The lowest BCUT2D eigenvalue weighted by atomic mass is 10.2. The molecule has 106 valence electrons. The summed E-state index contributed by atoms with van der Waals surface area (Å²) in [6.07, 6.45) is -8.26. The van der Waals surface area contributed by atoms with E-state index in [1.165, 1.54) is 0 Å². The van der Waals surface area contributed by atoms with Gasteiger partial charge in [-0.1, -0.05) is 30.3 Å². The predicted octanol–water partition coefficient (Wildman–Crippen LogP) is 2.18. The van der Waals surface area contributed by atoms with Gasteiger partial charge in [-0.2, -0.15) is 13.2 Å². The Kier molecular flexibility index (Phi) is 5.17. The number of likely N-dealkylation sites (N-methyl/N-ethyl adjacent to an activating group) is 1. The van der Waals surface area contributed by atoms with Crippen molar-refractivity contribution in [1.29, 1.82) is 0 Å². The number of hydrogen-bond donors (Lipinski definition) is 1. The molecule has 0 radical (unpaired) electrons. The third kappa shape index (κ3) is 5.17. The maximum atomic E-state index is 12.1. The van der Waals surface area contributed by atoms with E-state index >= 15 is 0 Å². The van der Waals surface area contributed by atoms with Gasteiger partial charge in [0, 0.05) is 7.05 Å². The number of alkyl halides is 3. The molecule has 1 unspecified atom stereocenters. The van der Waals surface area contributed by atoms with Crippen LogP contribution in [-0.4, -0.2) is 42.0 Å². The normalized spacial score (nSPS) is 12.9. The molecule has 0 saturated heterocycles. The Bertz CT molecular complexity index is 408. The minimum Gasteiger partial charge on any atom is -0.445 e. The molecule has 1 aromatic rings. The lowest BCUT2D eigenvalue weighted by Crippen LogP contribution is -2.41. The van der Waals surface area contributed by atoms with Gasteiger partial charge in [0.1, 0.15) is 6.61 Å². The van der Waals surface area contributed by atoms with Crippen molar-refractivity contribution in [2.75, 3.05) is 13.6 Å². The van der Waals surface area contributed by atoms with Crippen molar-refractivity contribution in [2.45, 2.75) is 18.9 Å². The van der Waals surface area contributed by atoms with Crippen LogP contribution in [-0.2, 0) is 11.3 Å². The number of nitrogens with zero attached hydrogens (tertiary/aromatic N) is 1. The second-order valence-electron chi connectivity index (χ2n) is 3.98. The predicted molar refractivity (Wildman–Crippen MR) is 61.3 cm³/mol. The number of halogens is 3. The number of benzene rings is 1. The van der Waals surface area contributed by atoms with Crippen LogP contribution >= 0.6 is 0 Å². The standard InChI is InChI=1S/C12H14F3NO3/c1-16(7-10(17)12(13,14)15)11(18)19-8-9-5-3-2-4-6-9/h2-6,10,17H,7-8H2,1H3. The molecule has 0 aliphatic carbocycles. The quantitative estimate of drug-likeness (QED) is 0.917. The fraction of sp³-hybridized carbons (Fsp3) is 0.417. The number of aliphatic hydroxyl groups excluding tert-OH is 1. The van der Waals surface area contributed by atoms with E-state index in [-0.39, 0.29) is 6.61 Å². The Hall–Kier alpha value is -1.76. The molecule has 4 nitrogen and oxygen atoms in total. The van der Waals surface area contributed by atoms with E-state index in [2.05, 4.69) is 0 Å². The van der Waals surface area contributed by atoms with E-state index in [4.69, 9.17) is 9.84 Å². The molecule has 1 aromatic carbocycles. The first kappa shape index (κ1) is 15.3. The summed E-state index contributed by atoms with van der Waals surface area (Å²) in [6, 6.07) is 8.73. The third-order valence-corrected chi connectivity index (χ3v) is 2.34. The fourth-order valence-electron chi connectivity index (χ4n) is 1.27. The Morgan fingerprint density at radius 2 is 1.95 bits per heavy atom. The first-order chi connectivity index (χ1) is 8.80. The zero-order chi connectivity index (χ0) is 14.5. The second-order valence-corrected chi connectivity index (χ2v) is 3.98. The topological polar surface area (TPSA) is 49.8 Å². The molecule has 0 aliphatic rings. The van der Waals surface area contributed by atoms with Crippen LogP contribution in [0.1, 0.15) is 5.56 Å². The molecule has 19 heavy (non-hydrogen) atoms. The molecule has 0 spiro atoms. The molecule has 1 atom stereocenters. The molecule has 0 heterocycles. The van der Waals surface area contributed by atoms with Crippen LogP contribution in [0.2, 0.25) is 0 Å². The van der Waals surface area contributed by atoms with Crippen molar-refractivity contribution in [3.05, 3.63) is 35.9 Å². The zero-order valence-electron chi connectivity index (χ0n) is 10.2. The highest BCUT2D eigenvalue weighted by Gasteiger charge is 2.39. The van der Waals surface area contributed by atoms with E-state index in [1.54, 1.807) is 30.3 Å². The van der Waals surface area contributed by atoms with Crippen LogP contribution in [0.3, 0.4) is 0 Å². The minimum absolute atomic E-state index is 0.0356. The van der Waals surface area contributed by atoms with Gasteiger partial charge in [0.2, 0.25) is 0 Å². The number of amides is 1. The molecule has 7 heteroatoms. The Morgan fingerprint density at radius 1 is 1.37 bits per heavy atom. The first-order valence-electron chi connectivity index (χ1n) is 5.47. The number of hydrogen-bond acceptors (Lipinski definition) is 3. The third-order valence-electron chi connectivity index (χ3n) is 2.34. The lowest BCUT2D eigenvalue weighted by molar-refractivity contribution is -0.206. The molecule has 0 aromatic heterocycles. The van der Waals surface area contributed by atoms with Crippen LogP contribution in [0, 0.1) is 0 Å². The molecular weight excluding hydrogens is 263 g/mol. The highest BCUT2D eigenvalue weighted by molar-refractivity contribution is 5.67. The summed E-state index contributed by atoms with van der Waals surface area (Å²) in [4.78, 5) is 12.1. The van der Waals surface area contributed by atoms with Gasteiger partial charge in [-0.25, -0.2) is 4.79 Å². The Morgan fingerprint density at radius 3 is 2.47 bits per heavy atom. The first-order valence-corrected chi connectivity index (χ1v) is 5.47. The Labute approximate surface area is 108 Å². The van der Waals surface area contributed by atoms with E-state index < -0.39 is 24.9 Å². The van der Waals surface area contributed by atoms with Gasteiger partial charge in [-0.3, -0.25) is 0 Å². The lowest BCUT2D eigenvalue weighted by Gasteiger charge is -2.21. The SMILES string of the molecule is CN(CC(O)C(F)(F)F)C(=O)OCc1ccccc1. The number of carbonyl (C=O) groups excluding carboxylic acids is 1. The minimum atomic E-state index is -4.76. The fourth-order valence-corrected chi connectivity index (χ4v) is 1.27. The Balaban J connectivity index is 2.41. The number of carbonyl (C=O) groups is 1. The van der Waals surface area contributed by atoms with Crippen LogP contribution in [0.5, 0.6) is 0 Å². The van der Waals surface area contributed by atoms with Gasteiger partial charge in [0.05, 0.1) is 6.54 Å². The smallest absolute Gasteiger partial charge is 0.416 e. The summed E-state index contributed by atoms with van der Waals surface area (Å²) < 4.78 is 41.1. The maximum absolute atomic E-state index is 12.1. The van der Waals surface area contributed by atoms with Gasteiger partial charge in [-0.05, 0) is 5.56 Å². The molecule has 0 saturated carbocycles. The van der Waals surface area contributed by atoms with Crippen molar-refractivity contribution < 1.29 is 27.8 Å². The van der Waals surface area contributed by atoms with Crippen molar-refractivity contribution in [2.24, 2.45) is 0 Å². The van der Waals surface area contributed by atoms with Gasteiger partial charge in [0.25, 0.3) is 0 Å². The van der Waals surface area contributed by atoms with Gasteiger partial charge in [-0.15, -0.1) is 0 Å². The van der Waals surface area contributed by atoms with Crippen LogP contribution in [0.4, 0.5) is 18.0 Å². The van der Waals surface area contributed by atoms with Gasteiger partial charge < -0.3 is 14.7 Å². The molecule has 1 amide bonds. The molecule has 1 N–H and O–H groups in total. The molecule has 0 fully saturated rings. The largest absolute Gasteiger partial charge is 0.445 e. The summed E-state index contributed by atoms with van der Waals surface area (Å²) in [5.41, 5.74) is 0.723. The average Bonchev–Trinajstić information content (AvgIpc) is 2.35. The van der Waals surface area contributed by atoms with Crippen molar-refractivity contribution >= 4 is 6.09 Å². The summed E-state index contributed by atoms with van der Waals surface area (Å²) in [5.74, 6) is 0. The van der Waals surface area contributed by atoms with Crippen LogP contribution in [0.15, 0.2) is 30.3 Å². The average molecular weight is 277 g/mol. The van der Waals surface area contributed by atoms with E-state index in [9.17, 15) is 18.0 Å². The molecular formula is C12H14F3NO3.